The Hall–Kier alpha value is -2.35. The molecule has 1 saturated heterocycles. The number of hydrogen-bond acceptors (Lipinski definition) is 5. The summed E-state index contributed by atoms with van der Waals surface area (Å²) >= 11 is 0. The number of nitrogens with zero attached hydrogens (tertiary/aromatic N) is 3. The van der Waals surface area contributed by atoms with Gasteiger partial charge in [0.05, 0.1) is 11.5 Å². The van der Waals surface area contributed by atoms with Crippen molar-refractivity contribution in [3.63, 3.8) is 0 Å². The smallest absolute Gasteiger partial charge is 0.292 e. The van der Waals surface area contributed by atoms with E-state index in [-0.39, 0.29) is 10.6 Å². The lowest BCUT2D eigenvalue weighted by Crippen LogP contribution is -2.48. The van der Waals surface area contributed by atoms with Gasteiger partial charge in [0, 0.05) is 38.3 Å². The topological polar surface area (TPSA) is 94.8 Å². The molecule has 1 fully saturated rings. The molecule has 0 radical (unpaired) electrons. The molecule has 1 aliphatic heterocycles. The van der Waals surface area contributed by atoms with E-state index in [9.17, 15) is 10.1 Å². The summed E-state index contributed by atoms with van der Waals surface area (Å²) in [6.45, 7) is 9.59. The van der Waals surface area contributed by atoms with Crippen LogP contribution >= 0.6 is 0 Å². The monoisotopic (exact) mass is 376 g/mol. The van der Waals surface area contributed by atoms with Crippen molar-refractivity contribution in [2.75, 3.05) is 44.6 Å². The Bertz CT molecular complexity index is 614. The first kappa shape index (κ1) is 21.0. The molecule has 27 heavy (non-hydrogen) atoms. The van der Waals surface area contributed by atoms with Crippen molar-refractivity contribution in [1.29, 1.82) is 0 Å². The summed E-state index contributed by atoms with van der Waals surface area (Å²) < 4.78 is 0. The number of guanidine groups is 1. The van der Waals surface area contributed by atoms with E-state index in [4.69, 9.17) is 0 Å². The van der Waals surface area contributed by atoms with Gasteiger partial charge in [0.2, 0.25) is 0 Å². The Morgan fingerprint density at radius 2 is 2.04 bits per heavy atom. The quantitative estimate of drug-likeness (QED) is 0.201. The molecule has 0 bridgehead atoms. The molecule has 2 rings (SSSR count). The molecule has 0 atom stereocenters. The number of aliphatic imine (C=N–C) groups is 1. The number of nitro benzene ring substituents is 1. The highest BCUT2D eigenvalue weighted by atomic mass is 16.6. The standard InChI is InChI=1S/C19H32N6O2/c1-3-13-24-14-9-16(10-15-24)23-19(20-4-2)22-12-11-21-17-7-5-6-8-18(17)25(26)27/h5-8,16,21H,3-4,9-15H2,1-2H3,(H2,20,22,23). The molecule has 1 aromatic rings. The van der Waals surface area contributed by atoms with Gasteiger partial charge >= 0.3 is 0 Å². The van der Waals surface area contributed by atoms with Gasteiger partial charge in [-0.05, 0) is 38.8 Å². The first-order valence-corrected chi connectivity index (χ1v) is 9.88. The lowest BCUT2D eigenvalue weighted by atomic mass is 10.1. The van der Waals surface area contributed by atoms with Crippen LogP contribution in [0.15, 0.2) is 29.3 Å². The zero-order valence-electron chi connectivity index (χ0n) is 16.4. The molecule has 0 aromatic heterocycles. The number of para-hydroxylation sites is 2. The molecule has 150 valence electrons. The number of nitrogens with one attached hydrogen (secondary N) is 3. The zero-order valence-corrected chi connectivity index (χ0v) is 16.4. The van der Waals surface area contributed by atoms with Gasteiger partial charge in [-0.15, -0.1) is 0 Å². The summed E-state index contributed by atoms with van der Waals surface area (Å²) in [5.74, 6) is 0.816. The van der Waals surface area contributed by atoms with E-state index >= 15 is 0 Å². The minimum Gasteiger partial charge on any atom is -0.378 e. The van der Waals surface area contributed by atoms with E-state index in [0.717, 1.165) is 38.4 Å². The number of piperidine rings is 1. The highest BCUT2D eigenvalue weighted by Crippen LogP contribution is 2.22. The van der Waals surface area contributed by atoms with Gasteiger partial charge in [-0.1, -0.05) is 19.1 Å². The van der Waals surface area contributed by atoms with Crippen molar-refractivity contribution in [3.8, 4) is 0 Å². The third-order valence-corrected chi connectivity index (χ3v) is 4.61. The van der Waals surface area contributed by atoms with Crippen LogP contribution in [0.1, 0.15) is 33.1 Å². The zero-order chi connectivity index (χ0) is 19.5. The first-order valence-electron chi connectivity index (χ1n) is 9.88. The van der Waals surface area contributed by atoms with Crippen molar-refractivity contribution in [2.45, 2.75) is 39.2 Å². The highest BCUT2D eigenvalue weighted by molar-refractivity contribution is 5.80. The predicted octanol–water partition coefficient (Wildman–Crippen LogP) is 2.44. The maximum absolute atomic E-state index is 11.0. The number of rotatable bonds is 9. The van der Waals surface area contributed by atoms with Crippen molar-refractivity contribution < 1.29 is 4.92 Å². The van der Waals surface area contributed by atoms with Crippen LogP contribution in [0.3, 0.4) is 0 Å². The van der Waals surface area contributed by atoms with Crippen molar-refractivity contribution in [3.05, 3.63) is 34.4 Å². The normalized spacial score (nSPS) is 16.1. The van der Waals surface area contributed by atoms with Crippen LogP contribution in [-0.4, -0.2) is 61.1 Å². The van der Waals surface area contributed by atoms with Gasteiger partial charge in [0.25, 0.3) is 5.69 Å². The fourth-order valence-corrected chi connectivity index (χ4v) is 3.27. The van der Waals surface area contributed by atoms with E-state index in [2.05, 4.69) is 32.8 Å². The number of hydrogen-bond donors (Lipinski definition) is 3. The van der Waals surface area contributed by atoms with Crippen LogP contribution in [-0.2, 0) is 0 Å². The van der Waals surface area contributed by atoms with Gasteiger partial charge in [0.1, 0.15) is 5.69 Å². The molecule has 1 heterocycles. The largest absolute Gasteiger partial charge is 0.378 e. The molecule has 8 heteroatoms. The fraction of sp³-hybridized carbons (Fsp3) is 0.632. The van der Waals surface area contributed by atoms with Crippen LogP contribution in [0, 0.1) is 10.1 Å². The van der Waals surface area contributed by atoms with E-state index in [1.807, 2.05) is 6.92 Å². The molecule has 8 nitrogen and oxygen atoms in total. The summed E-state index contributed by atoms with van der Waals surface area (Å²) in [5.41, 5.74) is 0.615. The number of benzene rings is 1. The van der Waals surface area contributed by atoms with Crippen LogP contribution in [0.2, 0.25) is 0 Å². The second-order valence-electron chi connectivity index (χ2n) is 6.72. The van der Waals surface area contributed by atoms with E-state index in [0.29, 0.717) is 24.8 Å². The molecule has 0 spiro atoms. The Balaban J connectivity index is 1.81. The molecule has 1 aromatic carbocycles. The van der Waals surface area contributed by atoms with Gasteiger partial charge < -0.3 is 20.9 Å². The summed E-state index contributed by atoms with van der Waals surface area (Å²) in [5, 5.41) is 21.0. The summed E-state index contributed by atoms with van der Waals surface area (Å²) in [6.07, 6.45) is 3.45. The number of anilines is 1. The Morgan fingerprint density at radius 3 is 2.70 bits per heavy atom. The summed E-state index contributed by atoms with van der Waals surface area (Å²) in [6, 6.07) is 7.12. The average molecular weight is 377 g/mol. The third kappa shape index (κ3) is 7.05. The summed E-state index contributed by atoms with van der Waals surface area (Å²) in [7, 11) is 0. The van der Waals surface area contributed by atoms with Crippen LogP contribution in [0.4, 0.5) is 11.4 Å². The minimum absolute atomic E-state index is 0.0883. The lowest BCUT2D eigenvalue weighted by molar-refractivity contribution is -0.384. The maximum atomic E-state index is 11.0. The Morgan fingerprint density at radius 1 is 1.30 bits per heavy atom. The molecule has 0 amide bonds. The molecule has 0 unspecified atom stereocenters. The Labute approximate surface area is 161 Å². The molecule has 0 saturated carbocycles. The number of likely N-dealkylation sites (tertiary alicyclic amines) is 1. The van der Waals surface area contributed by atoms with E-state index in [1.54, 1.807) is 18.2 Å². The average Bonchev–Trinajstić information content (AvgIpc) is 2.67. The lowest BCUT2D eigenvalue weighted by Gasteiger charge is -2.32. The predicted molar refractivity (Wildman–Crippen MR) is 110 cm³/mol. The molecule has 1 aliphatic rings. The second kappa shape index (κ2) is 11.4. The van der Waals surface area contributed by atoms with Gasteiger partial charge in [-0.25, -0.2) is 0 Å². The van der Waals surface area contributed by atoms with Gasteiger partial charge in [-0.2, -0.15) is 0 Å². The number of nitro groups is 1. The van der Waals surface area contributed by atoms with Crippen molar-refractivity contribution in [2.24, 2.45) is 4.99 Å². The van der Waals surface area contributed by atoms with Crippen molar-refractivity contribution >= 4 is 17.3 Å². The van der Waals surface area contributed by atoms with Crippen molar-refractivity contribution in [1.82, 2.24) is 15.5 Å². The molecular formula is C19H32N6O2. The SMILES string of the molecule is CCCN1CCC(NC(=NCCNc2ccccc2[N+](=O)[O-])NCC)CC1. The fourth-order valence-electron chi connectivity index (χ4n) is 3.27. The molecular weight excluding hydrogens is 344 g/mol. The van der Waals surface area contributed by atoms with E-state index in [1.165, 1.54) is 19.0 Å². The maximum Gasteiger partial charge on any atom is 0.292 e. The third-order valence-electron chi connectivity index (χ3n) is 4.61. The molecule has 0 aliphatic carbocycles. The van der Waals surface area contributed by atoms with E-state index < -0.39 is 0 Å². The first-order chi connectivity index (χ1) is 13.1. The second-order valence-corrected chi connectivity index (χ2v) is 6.72. The minimum atomic E-state index is -0.373. The summed E-state index contributed by atoms with van der Waals surface area (Å²) in [4.78, 5) is 17.8. The van der Waals surface area contributed by atoms with Crippen LogP contribution in [0.25, 0.3) is 0 Å². The molecule has 3 N–H and O–H groups in total. The highest BCUT2D eigenvalue weighted by Gasteiger charge is 2.19. The van der Waals surface area contributed by atoms with Crippen LogP contribution < -0.4 is 16.0 Å². The van der Waals surface area contributed by atoms with Crippen LogP contribution in [0.5, 0.6) is 0 Å². The Kier molecular flexibility index (Phi) is 8.83. The van der Waals surface area contributed by atoms with Gasteiger partial charge in [-0.3, -0.25) is 15.1 Å². The van der Waals surface area contributed by atoms with Gasteiger partial charge in [0.15, 0.2) is 5.96 Å².